The fraction of sp³-hybridized carbons (Fsp3) is 0.481. The highest BCUT2D eigenvalue weighted by Gasteiger charge is 2.31. The zero-order valence-corrected chi connectivity index (χ0v) is 19.9. The van der Waals surface area contributed by atoms with E-state index >= 15 is 0 Å². The van der Waals surface area contributed by atoms with E-state index in [1.165, 1.54) is 27.8 Å². The zero-order chi connectivity index (χ0) is 22.9. The molecule has 3 atom stereocenters. The molecule has 1 amide bonds. The maximum Gasteiger partial charge on any atom is 0.236 e. The van der Waals surface area contributed by atoms with Crippen LogP contribution in [-0.4, -0.2) is 70.6 Å². The van der Waals surface area contributed by atoms with Crippen molar-refractivity contribution in [3.63, 3.8) is 0 Å². The molecule has 2 fully saturated rings. The number of carbonyl (C=O) groups is 1. The highest BCUT2D eigenvalue weighted by molar-refractivity contribution is 5.98. The van der Waals surface area contributed by atoms with E-state index in [0.29, 0.717) is 12.5 Å². The standard InChI is InChI=1S/C27H34N4O2/c1-18-6-7-24-23(13-18)26(21-8-10-28-11-9-21)27(29-24)22-5-4-12-31(16-22)25(32)17-30-14-19(2)33-20(3)15-30/h6-11,13,19-20,22,29H,4-5,12,14-17H2,1-3H3/t19-,20-,22-/m1/s1. The first-order chi connectivity index (χ1) is 16.0. The highest BCUT2D eigenvalue weighted by Crippen LogP contribution is 2.39. The van der Waals surface area contributed by atoms with Gasteiger partial charge in [0.1, 0.15) is 0 Å². The van der Waals surface area contributed by atoms with Gasteiger partial charge in [-0.15, -0.1) is 0 Å². The van der Waals surface area contributed by atoms with Crippen LogP contribution in [0, 0.1) is 6.92 Å². The fourth-order valence-corrected chi connectivity index (χ4v) is 5.61. The molecule has 6 nitrogen and oxygen atoms in total. The molecule has 5 rings (SSSR count). The van der Waals surface area contributed by atoms with Crippen LogP contribution in [-0.2, 0) is 9.53 Å². The monoisotopic (exact) mass is 446 g/mol. The van der Waals surface area contributed by atoms with Gasteiger partial charge < -0.3 is 14.6 Å². The third kappa shape index (κ3) is 4.68. The molecule has 33 heavy (non-hydrogen) atoms. The van der Waals surface area contributed by atoms with E-state index in [9.17, 15) is 4.79 Å². The summed E-state index contributed by atoms with van der Waals surface area (Å²) in [5.41, 5.74) is 6.08. The number of carbonyl (C=O) groups excluding carboxylic acids is 1. The number of morpholine rings is 1. The number of amides is 1. The summed E-state index contributed by atoms with van der Waals surface area (Å²) >= 11 is 0. The second-order valence-corrected chi connectivity index (χ2v) is 9.83. The number of fused-ring (bicyclic) bond motifs is 1. The molecular weight excluding hydrogens is 412 g/mol. The average Bonchev–Trinajstić information content (AvgIpc) is 3.17. The molecule has 0 saturated carbocycles. The largest absolute Gasteiger partial charge is 0.373 e. The van der Waals surface area contributed by atoms with Crippen molar-refractivity contribution in [1.82, 2.24) is 19.8 Å². The predicted molar refractivity (Wildman–Crippen MR) is 131 cm³/mol. The second kappa shape index (κ2) is 9.27. The Morgan fingerprint density at radius 1 is 1.12 bits per heavy atom. The molecule has 2 aliphatic heterocycles. The lowest BCUT2D eigenvalue weighted by atomic mass is 9.89. The van der Waals surface area contributed by atoms with Crippen LogP contribution in [0.25, 0.3) is 22.0 Å². The molecule has 0 spiro atoms. The fourth-order valence-electron chi connectivity index (χ4n) is 5.61. The van der Waals surface area contributed by atoms with E-state index in [2.05, 4.69) is 70.9 Å². The first-order valence-corrected chi connectivity index (χ1v) is 12.2. The van der Waals surface area contributed by atoms with E-state index in [-0.39, 0.29) is 18.1 Å². The number of likely N-dealkylation sites (tertiary alicyclic amines) is 1. The molecule has 1 N–H and O–H groups in total. The van der Waals surface area contributed by atoms with Gasteiger partial charge in [0.15, 0.2) is 0 Å². The van der Waals surface area contributed by atoms with Gasteiger partial charge in [-0.05, 0) is 63.4 Å². The van der Waals surface area contributed by atoms with Crippen molar-refractivity contribution >= 4 is 16.8 Å². The quantitative estimate of drug-likeness (QED) is 0.647. The Morgan fingerprint density at radius 3 is 2.64 bits per heavy atom. The number of rotatable bonds is 4. The minimum atomic E-state index is 0.174. The number of nitrogens with one attached hydrogen (secondary N) is 1. The topological polar surface area (TPSA) is 61.5 Å². The molecule has 2 aliphatic rings. The summed E-state index contributed by atoms with van der Waals surface area (Å²) < 4.78 is 5.84. The SMILES string of the molecule is Cc1ccc2[nH]c([C@@H]3CCCN(C(=O)CN4C[C@@H](C)O[C@H](C)C4)C3)c(-c3ccncc3)c2c1. The molecule has 1 aromatic carbocycles. The lowest BCUT2D eigenvalue weighted by molar-refractivity contribution is -0.137. The molecule has 174 valence electrons. The van der Waals surface area contributed by atoms with Crippen LogP contribution >= 0.6 is 0 Å². The van der Waals surface area contributed by atoms with E-state index < -0.39 is 0 Å². The number of benzene rings is 1. The molecular formula is C27H34N4O2. The number of aromatic nitrogens is 2. The van der Waals surface area contributed by atoms with E-state index in [1.54, 1.807) is 0 Å². The Kier molecular flexibility index (Phi) is 6.21. The number of pyridine rings is 1. The summed E-state index contributed by atoms with van der Waals surface area (Å²) in [5, 5.41) is 1.25. The van der Waals surface area contributed by atoms with Crippen molar-refractivity contribution in [2.75, 3.05) is 32.7 Å². The Labute approximate surface area is 195 Å². The number of hydrogen-bond acceptors (Lipinski definition) is 4. The van der Waals surface area contributed by atoms with E-state index in [4.69, 9.17) is 4.74 Å². The van der Waals surface area contributed by atoms with Crippen molar-refractivity contribution in [1.29, 1.82) is 0 Å². The van der Waals surface area contributed by atoms with Crippen LogP contribution in [0.5, 0.6) is 0 Å². The number of aryl methyl sites for hydroxylation is 1. The summed E-state index contributed by atoms with van der Waals surface area (Å²) in [4.78, 5) is 25.5. The maximum absolute atomic E-state index is 13.3. The van der Waals surface area contributed by atoms with Crippen molar-refractivity contribution in [2.24, 2.45) is 0 Å². The third-order valence-corrected chi connectivity index (χ3v) is 6.99. The van der Waals surface area contributed by atoms with Crippen LogP contribution in [0.2, 0.25) is 0 Å². The highest BCUT2D eigenvalue weighted by atomic mass is 16.5. The third-order valence-electron chi connectivity index (χ3n) is 6.99. The molecule has 6 heteroatoms. The van der Waals surface area contributed by atoms with Crippen LogP contribution < -0.4 is 0 Å². The van der Waals surface area contributed by atoms with E-state index in [0.717, 1.165) is 44.5 Å². The molecule has 0 bridgehead atoms. The normalized spacial score (nSPS) is 24.3. The first kappa shape index (κ1) is 22.1. The van der Waals surface area contributed by atoms with Gasteiger partial charge in [0, 0.05) is 66.7 Å². The van der Waals surface area contributed by atoms with Crippen molar-refractivity contribution in [2.45, 2.75) is 51.7 Å². The van der Waals surface area contributed by atoms with E-state index in [1.807, 2.05) is 12.4 Å². The van der Waals surface area contributed by atoms with Crippen LogP contribution in [0.1, 0.15) is 43.9 Å². The smallest absolute Gasteiger partial charge is 0.236 e. The van der Waals surface area contributed by atoms with Gasteiger partial charge in [-0.25, -0.2) is 0 Å². The van der Waals surface area contributed by atoms with Gasteiger partial charge >= 0.3 is 0 Å². The second-order valence-electron chi connectivity index (χ2n) is 9.83. The van der Waals surface area contributed by atoms with Crippen molar-refractivity contribution < 1.29 is 9.53 Å². The summed E-state index contributed by atoms with van der Waals surface area (Å²) in [6, 6.07) is 10.8. The zero-order valence-electron chi connectivity index (χ0n) is 19.9. The van der Waals surface area contributed by atoms with Gasteiger partial charge in [0.2, 0.25) is 5.91 Å². The lowest BCUT2D eigenvalue weighted by Crippen LogP contribution is -2.51. The molecule has 0 aliphatic carbocycles. The minimum absolute atomic E-state index is 0.174. The van der Waals surface area contributed by atoms with Gasteiger partial charge in [-0.1, -0.05) is 11.6 Å². The average molecular weight is 447 g/mol. The van der Waals surface area contributed by atoms with Gasteiger partial charge in [0.25, 0.3) is 0 Å². The number of aromatic amines is 1. The number of ether oxygens (including phenoxy) is 1. The van der Waals surface area contributed by atoms with Crippen molar-refractivity contribution in [3.8, 4) is 11.1 Å². The van der Waals surface area contributed by atoms with Crippen molar-refractivity contribution in [3.05, 3.63) is 54.0 Å². The summed E-state index contributed by atoms with van der Waals surface area (Å²) in [5.74, 6) is 0.527. The number of hydrogen-bond donors (Lipinski definition) is 1. The van der Waals surface area contributed by atoms with Crippen LogP contribution in [0.4, 0.5) is 0 Å². The van der Waals surface area contributed by atoms with Gasteiger partial charge in [-0.3, -0.25) is 14.7 Å². The molecule has 3 aromatic rings. The summed E-state index contributed by atoms with van der Waals surface area (Å²) in [7, 11) is 0. The Balaban J connectivity index is 1.40. The number of nitrogens with zero attached hydrogens (tertiary/aromatic N) is 3. The Bertz CT molecular complexity index is 1120. The summed E-state index contributed by atoms with van der Waals surface area (Å²) in [6.07, 6.45) is 6.17. The first-order valence-electron chi connectivity index (χ1n) is 12.2. The van der Waals surface area contributed by atoms with Gasteiger partial charge in [-0.2, -0.15) is 0 Å². The number of piperidine rings is 1. The Hall–Kier alpha value is -2.70. The lowest BCUT2D eigenvalue weighted by Gasteiger charge is -2.38. The summed E-state index contributed by atoms with van der Waals surface area (Å²) in [6.45, 7) is 10.0. The molecule has 2 aromatic heterocycles. The van der Waals surface area contributed by atoms with Crippen LogP contribution in [0.3, 0.4) is 0 Å². The van der Waals surface area contributed by atoms with Gasteiger partial charge in [0.05, 0.1) is 18.8 Å². The maximum atomic E-state index is 13.3. The Morgan fingerprint density at radius 2 is 1.88 bits per heavy atom. The minimum Gasteiger partial charge on any atom is -0.373 e. The molecule has 0 unspecified atom stereocenters. The molecule has 2 saturated heterocycles. The molecule has 0 radical (unpaired) electrons. The molecule has 4 heterocycles. The predicted octanol–water partition coefficient (Wildman–Crippen LogP) is 4.35. The van der Waals surface area contributed by atoms with Crippen LogP contribution in [0.15, 0.2) is 42.7 Å². The number of H-pyrrole nitrogens is 1.